The van der Waals surface area contributed by atoms with Gasteiger partial charge in [-0.15, -0.1) is 11.3 Å². The van der Waals surface area contributed by atoms with Crippen molar-refractivity contribution in [2.24, 2.45) is 0 Å². The van der Waals surface area contributed by atoms with E-state index in [2.05, 4.69) is 17.2 Å². The summed E-state index contributed by atoms with van der Waals surface area (Å²) < 4.78 is 5.44. The van der Waals surface area contributed by atoms with E-state index in [1.807, 2.05) is 29.9 Å². The maximum atomic E-state index is 6.01. The number of nitrogens with one attached hydrogen (secondary N) is 1. The maximum Gasteiger partial charge on any atom is 0.125 e. The average Bonchev–Trinajstić information content (AvgIpc) is 2.91. The van der Waals surface area contributed by atoms with Gasteiger partial charge in [-0.2, -0.15) is 0 Å². The molecule has 1 unspecified atom stereocenters. The van der Waals surface area contributed by atoms with Crippen LogP contribution in [0, 0.1) is 0 Å². The minimum absolute atomic E-state index is 0.206. The lowest BCUT2D eigenvalue weighted by molar-refractivity contribution is 0.399. The number of ether oxygens (including phenoxy) is 1. The molecule has 0 radical (unpaired) electrons. The SMILES string of the molecule is CCNC(Cc1cncs1)c1ccc(Cl)cc1OC. The number of thiazole rings is 1. The van der Waals surface area contributed by atoms with Crippen LogP contribution in [0.4, 0.5) is 0 Å². The molecule has 0 aliphatic carbocycles. The summed E-state index contributed by atoms with van der Waals surface area (Å²) in [7, 11) is 1.67. The minimum Gasteiger partial charge on any atom is -0.496 e. The van der Waals surface area contributed by atoms with Gasteiger partial charge in [0.1, 0.15) is 5.75 Å². The molecule has 19 heavy (non-hydrogen) atoms. The predicted octanol–water partition coefficient (Wildman–Crippen LogP) is 3.70. The molecular formula is C14H17ClN2OS. The van der Waals surface area contributed by atoms with E-state index < -0.39 is 0 Å². The summed E-state index contributed by atoms with van der Waals surface area (Å²) >= 11 is 7.68. The van der Waals surface area contributed by atoms with Gasteiger partial charge in [-0.1, -0.05) is 24.6 Å². The number of rotatable bonds is 6. The molecule has 1 N–H and O–H groups in total. The molecule has 0 bridgehead atoms. The first kappa shape index (κ1) is 14.3. The number of methoxy groups -OCH3 is 1. The summed E-state index contributed by atoms with van der Waals surface area (Å²) in [5, 5.41) is 4.18. The van der Waals surface area contributed by atoms with Gasteiger partial charge in [0.25, 0.3) is 0 Å². The Kier molecular flexibility index (Phi) is 5.19. The van der Waals surface area contributed by atoms with Gasteiger partial charge in [0.05, 0.1) is 12.6 Å². The third-order valence-electron chi connectivity index (χ3n) is 2.91. The number of halogens is 1. The van der Waals surface area contributed by atoms with Crippen molar-refractivity contribution in [2.45, 2.75) is 19.4 Å². The van der Waals surface area contributed by atoms with Gasteiger partial charge in [-0.25, -0.2) is 0 Å². The Balaban J connectivity index is 2.27. The second kappa shape index (κ2) is 6.89. The van der Waals surface area contributed by atoms with E-state index in [4.69, 9.17) is 16.3 Å². The number of hydrogen-bond donors (Lipinski definition) is 1. The molecule has 0 fully saturated rings. The Bertz CT molecular complexity index is 516. The Labute approximate surface area is 122 Å². The molecule has 2 rings (SSSR count). The van der Waals surface area contributed by atoms with E-state index in [0.29, 0.717) is 5.02 Å². The van der Waals surface area contributed by atoms with E-state index in [9.17, 15) is 0 Å². The molecule has 1 atom stereocenters. The monoisotopic (exact) mass is 296 g/mol. The van der Waals surface area contributed by atoms with E-state index >= 15 is 0 Å². The van der Waals surface area contributed by atoms with E-state index in [1.165, 1.54) is 4.88 Å². The van der Waals surface area contributed by atoms with Gasteiger partial charge < -0.3 is 10.1 Å². The van der Waals surface area contributed by atoms with E-state index in [0.717, 1.165) is 24.3 Å². The van der Waals surface area contributed by atoms with Gasteiger partial charge in [-0.3, -0.25) is 4.98 Å². The van der Waals surface area contributed by atoms with Gasteiger partial charge in [0.15, 0.2) is 0 Å². The van der Waals surface area contributed by atoms with Crippen molar-refractivity contribution >= 4 is 22.9 Å². The number of benzene rings is 1. The molecule has 0 aliphatic heterocycles. The summed E-state index contributed by atoms with van der Waals surface area (Å²) in [5.74, 6) is 0.822. The van der Waals surface area contributed by atoms with Crippen LogP contribution in [-0.4, -0.2) is 18.6 Å². The molecule has 102 valence electrons. The van der Waals surface area contributed by atoms with Crippen molar-refractivity contribution in [2.75, 3.05) is 13.7 Å². The lowest BCUT2D eigenvalue weighted by atomic mass is 10.0. The van der Waals surface area contributed by atoms with Gasteiger partial charge >= 0.3 is 0 Å². The van der Waals surface area contributed by atoms with Crippen LogP contribution >= 0.6 is 22.9 Å². The maximum absolute atomic E-state index is 6.01. The first-order chi connectivity index (χ1) is 9.24. The van der Waals surface area contributed by atoms with Crippen molar-refractivity contribution in [1.82, 2.24) is 10.3 Å². The third kappa shape index (κ3) is 3.69. The normalized spacial score (nSPS) is 12.4. The predicted molar refractivity (Wildman–Crippen MR) is 80.2 cm³/mol. The number of likely N-dealkylation sites (N-methyl/N-ethyl adjacent to an activating group) is 1. The number of aromatic nitrogens is 1. The summed E-state index contributed by atoms with van der Waals surface area (Å²) in [6.45, 7) is 3.00. The highest BCUT2D eigenvalue weighted by molar-refractivity contribution is 7.09. The molecule has 3 nitrogen and oxygen atoms in total. The number of hydrogen-bond acceptors (Lipinski definition) is 4. The average molecular weight is 297 g/mol. The van der Waals surface area contributed by atoms with Crippen molar-refractivity contribution in [3.05, 3.63) is 45.4 Å². The Morgan fingerprint density at radius 2 is 2.32 bits per heavy atom. The molecular weight excluding hydrogens is 280 g/mol. The van der Waals surface area contributed by atoms with Crippen molar-refractivity contribution in [3.63, 3.8) is 0 Å². The number of nitrogens with zero attached hydrogens (tertiary/aromatic N) is 1. The molecule has 0 saturated carbocycles. The van der Waals surface area contributed by atoms with Crippen molar-refractivity contribution in [1.29, 1.82) is 0 Å². The Morgan fingerprint density at radius 3 is 2.95 bits per heavy atom. The zero-order valence-corrected chi connectivity index (χ0v) is 12.6. The van der Waals surface area contributed by atoms with Crippen LogP contribution < -0.4 is 10.1 Å². The lowest BCUT2D eigenvalue weighted by Crippen LogP contribution is -2.23. The van der Waals surface area contributed by atoms with Crippen LogP contribution in [0.1, 0.15) is 23.4 Å². The fourth-order valence-electron chi connectivity index (χ4n) is 2.06. The standard InChI is InChI=1S/C14H17ClN2OS/c1-3-17-13(7-11-8-16-9-19-11)12-5-4-10(15)6-14(12)18-2/h4-6,8-9,13,17H,3,7H2,1-2H3. The van der Waals surface area contributed by atoms with Crippen LogP contribution in [0.3, 0.4) is 0 Å². The van der Waals surface area contributed by atoms with Crippen molar-refractivity contribution < 1.29 is 4.74 Å². The molecule has 1 aromatic carbocycles. The first-order valence-electron chi connectivity index (χ1n) is 6.18. The molecule has 5 heteroatoms. The zero-order chi connectivity index (χ0) is 13.7. The van der Waals surface area contributed by atoms with Crippen LogP contribution in [0.5, 0.6) is 5.75 Å². The summed E-state index contributed by atoms with van der Waals surface area (Å²) in [6, 6.07) is 5.98. The fraction of sp³-hybridized carbons (Fsp3) is 0.357. The highest BCUT2D eigenvalue weighted by atomic mass is 35.5. The van der Waals surface area contributed by atoms with Gasteiger partial charge in [-0.05, 0) is 18.7 Å². The third-order valence-corrected chi connectivity index (χ3v) is 3.95. The first-order valence-corrected chi connectivity index (χ1v) is 7.44. The van der Waals surface area contributed by atoms with Gasteiger partial charge in [0, 0.05) is 34.1 Å². The lowest BCUT2D eigenvalue weighted by Gasteiger charge is -2.20. The van der Waals surface area contributed by atoms with Crippen molar-refractivity contribution in [3.8, 4) is 5.75 Å². The summed E-state index contributed by atoms with van der Waals surface area (Å²) in [5.41, 5.74) is 2.99. The van der Waals surface area contributed by atoms with E-state index in [1.54, 1.807) is 18.4 Å². The highest BCUT2D eigenvalue weighted by Gasteiger charge is 2.16. The van der Waals surface area contributed by atoms with Crippen LogP contribution in [0.15, 0.2) is 29.9 Å². The second-order valence-electron chi connectivity index (χ2n) is 4.17. The minimum atomic E-state index is 0.206. The summed E-state index contributed by atoms with van der Waals surface area (Å²) in [4.78, 5) is 5.38. The molecule has 1 heterocycles. The molecule has 0 amide bonds. The van der Waals surface area contributed by atoms with Crippen LogP contribution in [0.25, 0.3) is 0 Å². The fourth-order valence-corrected chi connectivity index (χ4v) is 2.86. The Morgan fingerprint density at radius 1 is 1.47 bits per heavy atom. The van der Waals surface area contributed by atoms with E-state index in [-0.39, 0.29) is 6.04 Å². The zero-order valence-electron chi connectivity index (χ0n) is 11.0. The highest BCUT2D eigenvalue weighted by Crippen LogP contribution is 2.30. The molecule has 1 aromatic heterocycles. The smallest absolute Gasteiger partial charge is 0.125 e. The molecule has 0 spiro atoms. The van der Waals surface area contributed by atoms with Gasteiger partial charge in [0.2, 0.25) is 0 Å². The van der Waals surface area contributed by atoms with Crippen LogP contribution in [0.2, 0.25) is 5.02 Å². The quantitative estimate of drug-likeness (QED) is 0.882. The molecule has 0 saturated heterocycles. The molecule has 2 aromatic rings. The summed E-state index contributed by atoms with van der Waals surface area (Å²) in [6.07, 6.45) is 2.81. The second-order valence-corrected chi connectivity index (χ2v) is 5.58. The molecule has 0 aliphatic rings. The largest absolute Gasteiger partial charge is 0.496 e. The topological polar surface area (TPSA) is 34.2 Å². The van der Waals surface area contributed by atoms with Crippen LogP contribution in [-0.2, 0) is 6.42 Å². The Hall–Kier alpha value is -1.10.